The van der Waals surface area contributed by atoms with Crippen LogP contribution in [0.25, 0.3) is 0 Å². The first-order valence-electron chi connectivity index (χ1n) is 9.62. The Kier molecular flexibility index (Phi) is 4.86. The van der Waals surface area contributed by atoms with Crippen molar-refractivity contribution >= 4 is 5.91 Å². The van der Waals surface area contributed by atoms with Crippen molar-refractivity contribution in [1.82, 2.24) is 19.2 Å². The maximum absolute atomic E-state index is 13.1. The second-order valence-corrected chi connectivity index (χ2v) is 7.55. The van der Waals surface area contributed by atoms with Crippen LogP contribution in [-0.2, 0) is 22.5 Å². The number of rotatable bonds is 4. The molecule has 2 aromatic rings. The number of likely N-dealkylation sites (tertiary alicyclic amines) is 1. The number of nitrogens with zero attached hydrogens (tertiary/aromatic N) is 4. The van der Waals surface area contributed by atoms with Gasteiger partial charge in [-0.05, 0) is 31.7 Å². The number of hydrogen-bond acceptors (Lipinski definition) is 4. The van der Waals surface area contributed by atoms with Gasteiger partial charge in [-0.2, -0.15) is 5.10 Å². The lowest BCUT2D eigenvalue weighted by atomic mass is 10.0. The van der Waals surface area contributed by atoms with Crippen LogP contribution in [0.3, 0.4) is 0 Å². The van der Waals surface area contributed by atoms with Crippen LogP contribution in [0.4, 0.5) is 0 Å². The minimum atomic E-state index is -0.441. The van der Waals surface area contributed by atoms with E-state index in [1.54, 1.807) is 11.7 Å². The standard InChI is InChI=1S/C20H26N4O3/c1-14-6-8-15(9-7-14)12-23-20(26)24-17(4-3-5-18(24)21-23)19(25)22-11-10-16(13-22)27-2/h6-9,16-17H,3-5,10-13H2,1-2H3/t16-,17-/m0/s1. The molecule has 0 unspecified atom stereocenters. The van der Waals surface area contributed by atoms with Gasteiger partial charge in [0.2, 0.25) is 5.91 Å². The van der Waals surface area contributed by atoms with E-state index >= 15 is 0 Å². The molecule has 3 heterocycles. The number of hydrogen-bond donors (Lipinski definition) is 0. The fraction of sp³-hybridized carbons (Fsp3) is 0.550. The normalized spacial score (nSPS) is 22.1. The smallest absolute Gasteiger partial charge is 0.346 e. The third kappa shape index (κ3) is 3.43. The molecule has 1 aromatic heterocycles. The molecule has 7 nitrogen and oxygen atoms in total. The monoisotopic (exact) mass is 370 g/mol. The number of carbonyl (C=O) groups excluding carboxylic acids is 1. The number of amides is 1. The number of fused-ring (bicyclic) bond motifs is 1. The van der Waals surface area contributed by atoms with Crippen LogP contribution in [0.15, 0.2) is 29.1 Å². The van der Waals surface area contributed by atoms with Gasteiger partial charge in [-0.15, -0.1) is 0 Å². The number of aryl methyl sites for hydroxylation is 2. The number of methoxy groups -OCH3 is 1. The molecule has 4 rings (SSSR count). The molecule has 2 atom stereocenters. The summed E-state index contributed by atoms with van der Waals surface area (Å²) in [6, 6.07) is 7.64. The molecule has 144 valence electrons. The first-order valence-corrected chi connectivity index (χ1v) is 9.62. The minimum Gasteiger partial charge on any atom is -0.380 e. The molecule has 1 fully saturated rings. The number of benzene rings is 1. The molecule has 0 saturated carbocycles. The summed E-state index contributed by atoms with van der Waals surface area (Å²) in [5.74, 6) is 0.742. The van der Waals surface area contributed by atoms with Crippen molar-refractivity contribution < 1.29 is 9.53 Å². The van der Waals surface area contributed by atoms with Crippen LogP contribution >= 0.6 is 0 Å². The maximum Gasteiger partial charge on any atom is 0.346 e. The Balaban J connectivity index is 1.59. The predicted molar refractivity (Wildman–Crippen MR) is 101 cm³/mol. The average molecular weight is 370 g/mol. The molecule has 0 aliphatic carbocycles. The topological polar surface area (TPSA) is 69.4 Å². The first kappa shape index (κ1) is 18.0. The molecular formula is C20H26N4O3. The van der Waals surface area contributed by atoms with Crippen LogP contribution < -0.4 is 5.69 Å². The van der Waals surface area contributed by atoms with Crippen molar-refractivity contribution in [2.75, 3.05) is 20.2 Å². The zero-order chi connectivity index (χ0) is 19.0. The van der Waals surface area contributed by atoms with Crippen molar-refractivity contribution in [3.63, 3.8) is 0 Å². The summed E-state index contributed by atoms with van der Waals surface area (Å²) in [5, 5.41) is 4.53. The zero-order valence-electron chi connectivity index (χ0n) is 15.9. The Hall–Kier alpha value is -2.41. The van der Waals surface area contributed by atoms with Crippen LogP contribution in [-0.4, -0.2) is 51.5 Å². The van der Waals surface area contributed by atoms with Gasteiger partial charge in [-0.3, -0.25) is 9.36 Å². The Morgan fingerprint density at radius 3 is 2.74 bits per heavy atom. The lowest BCUT2D eigenvalue weighted by molar-refractivity contribution is -0.134. The summed E-state index contributed by atoms with van der Waals surface area (Å²) in [6.45, 7) is 3.76. The summed E-state index contributed by atoms with van der Waals surface area (Å²) >= 11 is 0. The van der Waals surface area contributed by atoms with E-state index in [1.165, 1.54) is 10.2 Å². The first-order chi connectivity index (χ1) is 13.1. The molecule has 1 saturated heterocycles. The molecular weight excluding hydrogens is 344 g/mol. The number of ether oxygens (including phenoxy) is 1. The van der Waals surface area contributed by atoms with Gasteiger partial charge in [0.05, 0.1) is 12.6 Å². The van der Waals surface area contributed by atoms with Gasteiger partial charge in [0.25, 0.3) is 0 Å². The van der Waals surface area contributed by atoms with Crippen LogP contribution in [0.2, 0.25) is 0 Å². The molecule has 0 spiro atoms. The quantitative estimate of drug-likeness (QED) is 0.818. The molecule has 1 aromatic carbocycles. The molecule has 27 heavy (non-hydrogen) atoms. The third-order valence-corrected chi connectivity index (χ3v) is 5.66. The van der Waals surface area contributed by atoms with Gasteiger partial charge in [0.15, 0.2) is 0 Å². The van der Waals surface area contributed by atoms with Gasteiger partial charge in [-0.1, -0.05) is 29.8 Å². The summed E-state index contributed by atoms with van der Waals surface area (Å²) < 4.78 is 8.49. The fourth-order valence-corrected chi connectivity index (χ4v) is 4.07. The van der Waals surface area contributed by atoms with E-state index in [9.17, 15) is 9.59 Å². The number of aromatic nitrogens is 3. The second kappa shape index (κ2) is 7.31. The molecule has 0 N–H and O–H groups in total. The molecule has 0 bridgehead atoms. The van der Waals surface area contributed by atoms with Gasteiger partial charge in [0, 0.05) is 26.6 Å². The molecule has 1 amide bonds. The van der Waals surface area contributed by atoms with Crippen molar-refractivity contribution in [2.45, 2.75) is 51.3 Å². The van der Waals surface area contributed by atoms with Crippen molar-refractivity contribution in [1.29, 1.82) is 0 Å². The molecule has 2 aliphatic heterocycles. The minimum absolute atomic E-state index is 0.0208. The zero-order valence-corrected chi connectivity index (χ0v) is 15.9. The van der Waals surface area contributed by atoms with Crippen molar-refractivity contribution in [3.05, 3.63) is 51.7 Å². The van der Waals surface area contributed by atoms with E-state index in [0.29, 0.717) is 26.1 Å². The fourth-order valence-electron chi connectivity index (χ4n) is 4.07. The Morgan fingerprint density at radius 1 is 1.26 bits per heavy atom. The highest BCUT2D eigenvalue weighted by Crippen LogP contribution is 2.26. The van der Waals surface area contributed by atoms with Crippen LogP contribution in [0, 0.1) is 6.92 Å². The average Bonchev–Trinajstić information content (AvgIpc) is 3.28. The van der Waals surface area contributed by atoms with E-state index in [2.05, 4.69) is 5.10 Å². The lowest BCUT2D eigenvalue weighted by Gasteiger charge is -2.27. The van der Waals surface area contributed by atoms with E-state index < -0.39 is 6.04 Å². The van der Waals surface area contributed by atoms with E-state index in [4.69, 9.17) is 4.74 Å². The maximum atomic E-state index is 13.1. The van der Waals surface area contributed by atoms with Gasteiger partial charge in [0.1, 0.15) is 11.9 Å². The highest BCUT2D eigenvalue weighted by atomic mass is 16.5. The summed E-state index contributed by atoms with van der Waals surface area (Å²) in [5.41, 5.74) is 2.02. The highest BCUT2D eigenvalue weighted by molar-refractivity contribution is 5.81. The Bertz CT molecular complexity index is 884. The van der Waals surface area contributed by atoms with Gasteiger partial charge < -0.3 is 9.64 Å². The predicted octanol–water partition coefficient (Wildman–Crippen LogP) is 1.53. The van der Waals surface area contributed by atoms with E-state index in [-0.39, 0.29) is 17.7 Å². The summed E-state index contributed by atoms with van der Waals surface area (Å²) in [4.78, 5) is 27.9. The van der Waals surface area contributed by atoms with Crippen molar-refractivity contribution in [2.24, 2.45) is 0 Å². The van der Waals surface area contributed by atoms with Gasteiger partial charge in [-0.25, -0.2) is 9.48 Å². The SMILES string of the molecule is CO[C@H]1CCN(C(=O)[C@@H]2CCCc3nn(Cc4ccc(C)cc4)c(=O)n32)C1. The molecule has 2 aliphatic rings. The third-order valence-electron chi connectivity index (χ3n) is 5.66. The van der Waals surface area contributed by atoms with E-state index in [1.807, 2.05) is 36.1 Å². The second-order valence-electron chi connectivity index (χ2n) is 7.55. The van der Waals surface area contributed by atoms with Crippen LogP contribution in [0.1, 0.15) is 42.3 Å². The highest BCUT2D eigenvalue weighted by Gasteiger charge is 2.36. The number of carbonyl (C=O) groups is 1. The largest absolute Gasteiger partial charge is 0.380 e. The van der Waals surface area contributed by atoms with Crippen molar-refractivity contribution in [3.8, 4) is 0 Å². The summed E-state index contributed by atoms with van der Waals surface area (Å²) in [6.07, 6.45) is 3.25. The summed E-state index contributed by atoms with van der Waals surface area (Å²) in [7, 11) is 1.68. The Morgan fingerprint density at radius 2 is 2.04 bits per heavy atom. The molecule has 0 radical (unpaired) electrons. The lowest BCUT2D eigenvalue weighted by Crippen LogP contribution is -2.42. The Labute approximate surface area is 158 Å². The molecule has 7 heteroatoms. The van der Waals surface area contributed by atoms with Crippen LogP contribution in [0.5, 0.6) is 0 Å². The van der Waals surface area contributed by atoms with E-state index in [0.717, 1.165) is 30.7 Å². The van der Waals surface area contributed by atoms with Gasteiger partial charge >= 0.3 is 5.69 Å².